The van der Waals surface area contributed by atoms with Crippen LogP contribution in [0.2, 0.25) is 0 Å². The van der Waals surface area contributed by atoms with Gasteiger partial charge < -0.3 is 5.32 Å². The van der Waals surface area contributed by atoms with E-state index in [2.05, 4.69) is 11.4 Å². The third kappa shape index (κ3) is 1.74. The molecule has 0 saturated heterocycles. The number of nitriles is 1. The SMILES string of the molecule is CNC(=O)c1c(C)c(C#N)cc2ccccc12. The van der Waals surface area contributed by atoms with Crippen LogP contribution in [-0.2, 0) is 0 Å². The summed E-state index contributed by atoms with van der Waals surface area (Å²) in [5.41, 5.74) is 1.86. The minimum Gasteiger partial charge on any atom is -0.355 e. The normalized spacial score (nSPS) is 9.94. The van der Waals surface area contributed by atoms with E-state index >= 15 is 0 Å². The highest BCUT2D eigenvalue weighted by atomic mass is 16.1. The molecule has 0 spiro atoms. The van der Waals surface area contributed by atoms with Crippen LogP contribution in [0.3, 0.4) is 0 Å². The second-order valence-corrected chi connectivity index (χ2v) is 3.84. The molecule has 2 aromatic carbocycles. The van der Waals surface area contributed by atoms with E-state index in [1.165, 1.54) is 0 Å². The number of carbonyl (C=O) groups is 1. The first-order valence-corrected chi connectivity index (χ1v) is 5.33. The highest BCUT2D eigenvalue weighted by Gasteiger charge is 2.15. The van der Waals surface area contributed by atoms with E-state index in [1.807, 2.05) is 30.3 Å². The van der Waals surface area contributed by atoms with Crippen molar-refractivity contribution >= 4 is 16.7 Å². The maximum atomic E-state index is 11.9. The Kier molecular flexibility index (Phi) is 2.80. The summed E-state index contributed by atoms with van der Waals surface area (Å²) in [6, 6.07) is 11.5. The molecule has 0 saturated carbocycles. The summed E-state index contributed by atoms with van der Waals surface area (Å²) < 4.78 is 0. The van der Waals surface area contributed by atoms with Crippen LogP contribution in [0, 0.1) is 18.3 Å². The Balaban J connectivity index is 2.91. The maximum Gasteiger partial charge on any atom is 0.251 e. The third-order valence-electron chi connectivity index (χ3n) is 2.88. The molecule has 0 heterocycles. The molecule has 1 N–H and O–H groups in total. The highest BCUT2D eigenvalue weighted by Crippen LogP contribution is 2.25. The van der Waals surface area contributed by atoms with Crippen LogP contribution in [0.5, 0.6) is 0 Å². The molecule has 2 aromatic rings. The molecule has 3 nitrogen and oxygen atoms in total. The molecule has 0 atom stereocenters. The molecule has 0 bridgehead atoms. The molecular formula is C14H12N2O. The summed E-state index contributed by atoms with van der Waals surface area (Å²) in [7, 11) is 1.59. The Hall–Kier alpha value is -2.34. The van der Waals surface area contributed by atoms with Gasteiger partial charge >= 0.3 is 0 Å². The Morgan fingerprint density at radius 3 is 2.71 bits per heavy atom. The van der Waals surface area contributed by atoms with Crippen LogP contribution in [0.1, 0.15) is 21.5 Å². The van der Waals surface area contributed by atoms with Gasteiger partial charge in [-0.3, -0.25) is 4.79 Å². The number of carbonyl (C=O) groups excluding carboxylic acids is 1. The second kappa shape index (κ2) is 4.26. The summed E-state index contributed by atoms with van der Waals surface area (Å²) >= 11 is 0. The van der Waals surface area contributed by atoms with Crippen LogP contribution in [-0.4, -0.2) is 13.0 Å². The topological polar surface area (TPSA) is 52.9 Å². The summed E-state index contributed by atoms with van der Waals surface area (Å²) in [6.07, 6.45) is 0. The predicted octanol–water partition coefficient (Wildman–Crippen LogP) is 2.38. The van der Waals surface area contributed by atoms with Gasteiger partial charge in [-0.15, -0.1) is 0 Å². The number of nitrogens with one attached hydrogen (secondary N) is 1. The molecule has 1 amide bonds. The molecule has 17 heavy (non-hydrogen) atoms. The number of fused-ring (bicyclic) bond motifs is 1. The number of hydrogen-bond donors (Lipinski definition) is 1. The van der Waals surface area contributed by atoms with Crippen molar-refractivity contribution in [1.29, 1.82) is 5.26 Å². The van der Waals surface area contributed by atoms with E-state index in [0.717, 1.165) is 16.3 Å². The van der Waals surface area contributed by atoms with Gasteiger partial charge in [0.05, 0.1) is 17.2 Å². The summed E-state index contributed by atoms with van der Waals surface area (Å²) in [5.74, 6) is -0.157. The van der Waals surface area contributed by atoms with Crippen LogP contribution in [0.25, 0.3) is 10.8 Å². The quantitative estimate of drug-likeness (QED) is 0.808. The zero-order valence-electron chi connectivity index (χ0n) is 9.74. The van der Waals surface area contributed by atoms with E-state index in [9.17, 15) is 4.79 Å². The van der Waals surface area contributed by atoms with Crippen molar-refractivity contribution in [1.82, 2.24) is 5.32 Å². The number of hydrogen-bond acceptors (Lipinski definition) is 2. The zero-order chi connectivity index (χ0) is 12.4. The lowest BCUT2D eigenvalue weighted by atomic mass is 9.95. The van der Waals surface area contributed by atoms with Crippen molar-refractivity contribution in [2.75, 3.05) is 7.05 Å². The molecule has 2 rings (SSSR count). The summed E-state index contributed by atoms with van der Waals surface area (Å²) in [5, 5.41) is 13.5. The maximum absolute atomic E-state index is 11.9. The molecular weight excluding hydrogens is 212 g/mol. The average molecular weight is 224 g/mol. The molecule has 0 fully saturated rings. The van der Waals surface area contributed by atoms with Crippen LogP contribution < -0.4 is 5.32 Å². The van der Waals surface area contributed by atoms with Gasteiger partial charge in [0.25, 0.3) is 5.91 Å². The molecule has 84 valence electrons. The fraction of sp³-hybridized carbons (Fsp3) is 0.143. The monoisotopic (exact) mass is 224 g/mol. The molecule has 0 radical (unpaired) electrons. The van der Waals surface area contributed by atoms with Crippen molar-refractivity contribution in [3.05, 3.63) is 47.0 Å². The molecule has 0 unspecified atom stereocenters. The minimum absolute atomic E-state index is 0.157. The van der Waals surface area contributed by atoms with Gasteiger partial charge in [-0.25, -0.2) is 0 Å². The van der Waals surface area contributed by atoms with Gasteiger partial charge in [-0.2, -0.15) is 5.26 Å². The third-order valence-corrected chi connectivity index (χ3v) is 2.88. The number of rotatable bonds is 1. The van der Waals surface area contributed by atoms with E-state index in [-0.39, 0.29) is 5.91 Å². The molecule has 0 aliphatic heterocycles. The Morgan fingerprint density at radius 2 is 2.06 bits per heavy atom. The molecule has 0 aliphatic carbocycles. The van der Waals surface area contributed by atoms with Gasteiger partial charge in [0.15, 0.2) is 0 Å². The Labute approximate surface area is 99.7 Å². The summed E-state index contributed by atoms with van der Waals surface area (Å²) in [6.45, 7) is 1.80. The van der Waals surface area contributed by atoms with Crippen molar-refractivity contribution in [3.8, 4) is 6.07 Å². The highest BCUT2D eigenvalue weighted by molar-refractivity contribution is 6.09. The lowest BCUT2D eigenvalue weighted by molar-refractivity contribution is 0.0964. The number of amides is 1. The van der Waals surface area contributed by atoms with E-state index in [4.69, 9.17) is 5.26 Å². The van der Waals surface area contributed by atoms with Crippen molar-refractivity contribution in [3.63, 3.8) is 0 Å². The van der Waals surface area contributed by atoms with E-state index in [0.29, 0.717) is 11.1 Å². The van der Waals surface area contributed by atoms with Gasteiger partial charge in [0, 0.05) is 7.05 Å². The predicted molar refractivity (Wildman–Crippen MR) is 66.8 cm³/mol. The average Bonchev–Trinajstić information content (AvgIpc) is 2.37. The number of nitrogens with zero attached hydrogens (tertiary/aromatic N) is 1. The first kappa shape index (κ1) is 11.2. The minimum atomic E-state index is -0.157. The largest absolute Gasteiger partial charge is 0.355 e. The first-order chi connectivity index (χ1) is 8.19. The van der Waals surface area contributed by atoms with Crippen LogP contribution >= 0.6 is 0 Å². The standard InChI is InChI=1S/C14H12N2O/c1-9-11(8-15)7-10-5-3-4-6-12(10)13(9)14(17)16-2/h3-7H,1-2H3,(H,16,17). The fourth-order valence-corrected chi connectivity index (χ4v) is 1.98. The van der Waals surface area contributed by atoms with Crippen molar-refractivity contribution in [2.45, 2.75) is 6.92 Å². The number of benzene rings is 2. The van der Waals surface area contributed by atoms with Gasteiger partial charge in [-0.1, -0.05) is 24.3 Å². The Bertz CT molecular complexity index is 638. The van der Waals surface area contributed by atoms with E-state index < -0.39 is 0 Å². The smallest absolute Gasteiger partial charge is 0.251 e. The lowest BCUT2D eigenvalue weighted by Crippen LogP contribution is -2.19. The van der Waals surface area contributed by atoms with Gasteiger partial charge in [0.1, 0.15) is 0 Å². The second-order valence-electron chi connectivity index (χ2n) is 3.84. The van der Waals surface area contributed by atoms with Gasteiger partial charge in [0.2, 0.25) is 0 Å². The van der Waals surface area contributed by atoms with Gasteiger partial charge in [-0.05, 0) is 29.3 Å². The lowest BCUT2D eigenvalue weighted by Gasteiger charge is -2.10. The summed E-state index contributed by atoms with van der Waals surface area (Å²) in [4.78, 5) is 11.9. The molecule has 0 aliphatic rings. The Morgan fingerprint density at radius 1 is 1.35 bits per heavy atom. The van der Waals surface area contributed by atoms with Crippen LogP contribution in [0.15, 0.2) is 30.3 Å². The molecule has 0 aromatic heterocycles. The van der Waals surface area contributed by atoms with E-state index in [1.54, 1.807) is 14.0 Å². The first-order valence-electron chi connectivity index (χ1n) is 5.33. The fourth-order valence-electron chi connectivity index (χ4n) is 1.98. The van der Waals surface area contributed by atoms with Crippen molar-refractivity contribution < 1.29 is 4.79 Å². The van der Waals surface area contributed by atoms with Crippen LogP contribution in [0.4, 0.5) is 0 Å². The zero-order valence-corrected chi connectivity index (χ0v) is 9.74. The van der Waals surface area contributed by atoms with Crippen molar-refractivity contribution in [2.24, 2.45) is 0 Å². The molecule has 3 heteroatoms.